The average molecular weight is 253 g/mol. The number of hydrogen-bond donors (Lipinski definition) is 3. The van der Waals surface area contributed by atoms with Crippen LogP contribution in [0.3, 0.4) is 0 Å². The quantitative estimate of drug-likeness (QED) is 0.648. The molecule has 0 bridgehead atoms. The molecule has 5 nitrogen and oxygen atoms in total. The van der Waals surface area contributed by atoms with Crippen molar-refractivity contribution < 1.29 is 19.7 Å². The Hall–Kier alpha value is -1.59. The Bertz CT molecular complexity index is 364. The van der Waals surface area contributed by atoms with Gasteiger partial charge in [0, 0.05) is 6.54 Å². The number of aliphatic hydroxyl groups excluding tert-OH is 1. The predicted molar refractivity (Wildman–Crippen MR) is 67.7 cm³/mol. The van der Waals surface area contributed by atoms with Crippen molar-refractivity contribution in [3.05, 3.63) is 29.8 Å². The fourth-order valence-corrected chi connectivity index (χ4v) is 1.44. The number of aliphatic hydroxyl groups is 1. The van der Waals surface area contributed by atoms with Crippen LogP contribution in [-0.2, 0) is 4.79 Å². The summed E-state index contributed by atoms with van der Waals surface area (Å²) in [6.45, 7) is 2.75. The van der Waals surface area contributed by atoms with Crippen molar-refractivity contribution in [2.45, 2.75) is 19.4 Å². The molecule has 0 radical (unpaired) electrons. The molecule has 0 aliphatic heterocycles. The van der Waals surface area contributed by atoms with Crippen molar-refractivity contribution in [1.29, 1.82) is 0 Å². The fourth-order valence-electron chi connectivity index (χ4n) is 1.44. The maximum atomic E-state index is 10.3. The molecule has 0 heterocycles. The lowest BCUT2D eigenvalue weighted by Gasteiger charge is -2.12. The van der Waals surface area contributed by atoms with Gasteiger partial charge in [0.25, 0.3) is 0 Å². The Balaban J connectivity index is 2.43. The van der Waals surface area contributed by atoms with E-state index in [1.807, 2.05) is 6.92 Å². The molecule has 1 aromatic rings. The Labute approximate surface area is 106 Å². The summed E-state index contributed by atoms with van der Waals surface area (Å²) in [7, 11) is 0. The first-order chi connectivity index (χ1) is 8.63. The second-order valence-electron chi connectivity index (χ2n) is 3.96. The van der Waals surface area contributed by atoms with Crippen LogP contribution in [0.25, 0.3) is 0 Å². The summed E-state index contributed by atoms with van der Waals surface area (Å²) >= 11 is 0. The predicted octanol–water partition coefficient (Wildman–Crippen LogP) is 1.18. The van der Waals surface area contributed by atoms with Crippen molar-refractivity contribution in [3.63, 3.8) is 0 Å². The molecule has 0 spiro atoms. The number of hydrogen-bond acceptors (Lipinski definition) is 4. The van der Waals surface area contributed by atoms with Crippen LogP contribution in [0.15, 0.2) is 24.3 Å². The van der Waals surface area contributed by atoms with Crippen LogP contribution < -0.4 is 10.1 Å². The van der Waals surface area contributed by atoms with Gasteiger partial charge in [0.2, 0.25) is 0 Å². The van der Waals surface area contributed by atoms with Gasteiger partial charge in [0.1, 0.15) is 5.75 Å². The Kier molecular flexibility index (Phi) is 6.18. The van der Waals surface area contributed by atoms with E-state index in [9.17, 15) is 9.90 Å². The van der Waals surface area contributed by atoms with Crippen LogP contribution in [0.2, 0.25) is 0 Å². The van der Waals surface area contributed by atoms with Gasteiger partial charge >= 0.3 is 5.97 Å². The van der Waals surface area contributed by atoms with Crippen LogP contribution in [0.1, 0.15) is 25.0 Å². The zero-order valence-electron chi connectivity index (χ0n) is 10.4. The number of carboxylic acid groups (broad SMARTS) is 1. The first-order valence-corrected chi connectivity index (χ1v) is 5.96. The lowest BCUT2D eigenvalue weighted by atomic mass is 10.1. The topological polar surface area (TPSA) is 78.8 Å². The molecule has 100 valence electrons. The van der Waals surface area contributed by atoms with E-state index in [2.05, 4.69) is 5.32 Å². The van der Waals surface area contributed by atoms with Gasteiger partial charge in [0.05, 0.1) is 19.3 Å². The van der Waals surface area contributed by atoms with Crippen LogP contribution in [0.5, 0.6) is 5.75 Å². The summed E-state index contributed by atoms with van der Waals surface area (Å²) in [6, 6.07) is 7.15. The number of ether oxygens (including phenoxy) is 1. The van der Waals surface area contributed by atoms with E-state index in [-0.39, 0.29) is 13.1 Å². The van der Waals surface area contributed by atoms with Crippen LogP contribution in [0, 0.1) is 0 Å². The molecule has 0 aromatic heterocycles. The fraction of sp³-hybridized carbons (Fsp3) is 0.462. The Morgan fingerprint density at radius 3 is 2.61 bits per heavy atom. The zero-order valence-corrected chi connectivity index (χ0v) is 10.4. The lowest BCUT2D eigenvalue weighted by molar-refractivity contribution is -0.136. The molecule has 0 amide bonds. The normalized spacial score (nSPS) is 12.1. The van der Waals surface area contributed by atoms with Gasteiger partial charge in [-0.1, -0.05) is 19.1 Å². The Morgan fingerprint density at radius 2 is 2.06 bits per heavy atom. The maximum Gasteiger partial charge on any atom is 0.317 e. The van der Waals surface area contributed by atoms with Crippen molar-refractivity contribution in [1.82, 2.24) is 5.32 Å². The van der Waals surface area contributed by atoms with E-state index < -0.39 is 12.1 Å². The number of aliphatic carboxylic acids is 1. The van der Waals surface area contributed by atoms with Gasteiger partial charge in [-0.3, -0.25) is 4.79 Å². The highest BCUT2D eigenvalue weighted by Gasteiger charge is 2.07. The van der Waals surface area contributed by atoms with Gasteiger partial charge in [-0.05, 0) is 24.1 Å². The van der Waals surface area contributed by atoms with E-state index in [0.29, 0.717) is 6.61 Å². The molecule has 0 saturated heterocycles. The number of benzene rings is 1. The van der Waals surface area contributed by atoms with E-state index >= 15 is 0 Å². The van der Waals surface area contributed by atoms with E-state index in [0.717, 1.165) is 17.7 Å². The van der Waals surface area contributed by atoms with Crippen LogP contribution >= 0.6 is 0 Å². The number of carboxylic acids is 1. The lowest BCUT2D eigenvalue weighted by Crippen LogP contribution is -2.27. The minimum Gasteiger partial charge on any atom is -0.494 e. The minimum absolute atomic E-state index is 0.158. The van der Waals surface area contributed by atoms with Gasteiger partial charge in [-0.25, -0.2) is 0 Å². The molecular formula is C13H19NO4. The van der Waals surface area contributed by atoms with E-state index in [1.165, 1.54) is 0 Å². The highest BCUT2D eigenvalue weighted by molar-refractivity contribution is 5.68. The highest BCUT2D eigenvalue weighted by atomic mass is 16.5. The standard InChI is InChI=1S/C13H19NO4/c1-2-7-18-11-5-3-10(4-6-11)12(15)8-14-9-13(16)17/h3-6,12,14-15H,2,7-9H2,1H3,(H,16,17). The van der Waals surface area contributed by atoms with E-state index in [4.69, 9.17) is 9.84 Å². The smallest absolute Gasteiger partial charge is 0.317 e. The molecule has 5 heteroatoms. The average Bonchev–Trinajstić information content (AvgIpc) is 2.36. The third kappa shape index (κ3) is 5.16. The van der Waals surface area contributed by atoms with Gasteiger partial charge < -0.3 is 20.3 Å². The summed E-state index contributed by atoms with van der Waals surface area (Å²) < 4.78 is 5.43. The van der Waals surface area contributed by atoms with Crippen molar-refractivity contribution in [2.75, 3.05) is 19.7 Å². The molecule has 3 N–H and O–H groups in total. The monoisotopic (exact) mass is 253 g/mol. The summed E-state index contributed by atoms with van der Waals surface area (Å²) in [5.74, 6) is -0.170. The van der Waals surface area contributed by atoms with Crippen molar-refractivity contribution in [2.24, 2.45) is 0 Å². The number of nitrogens with one attached hydrogen (secondary N) is 1. The minimum atomic E-state index is -0.939. The molecule has 18 heavy (non-hydrogen) atoms. The second-order valence-corrected chi connectivity index (χ2v) is 3.96. The summed E-state index contributed by atoms with van der Waals surface area (Å²) in [6.07, 6.45) is 0.230. The summed E-state index contributed by atoms with van der Waals surface area (Å²) in [5.41, 5.74) is 0.733. The van der Waals surface area contributed by atoms with Gasteiger partial charge in [-0.15, -0.1) is 0 Å². The summed E-state index contributed by atoms with van der Waals surface area (Å²) in [4.78, 5) is 10.3. The molecule has 1 atom stereocenters. The van der Waals surface area contributed by atoms with Crippen molar-refractivity contribution in [3.8, 4) is 5.75 Å². The molecular weight excluding hydrogens is 234 g/mol. The SMILES string of the molecule is CCCOc1ccc(C(O)CNCC(=O)O)cc1. The molecule has 1 aromatic carbocycles. The third-order valence-electron chi connectivity index (χ3n) is 2.35. The third-order valence-corrected chi connectivity index (χ3v) is 2.35. The molecule has 0 fully saturated rings. The maximum absolute atomic E-state index is 10.3. The summed E-state index contributed by atoms with van der Waals surface area (Å²) in [5, 5.41) is 20.9. The zero-order chi connectivity index (χ0) is 13.4. The molecule has 1 unspecified atom stereocenters. The molecule has 0 aliphatic rings. The molecule has 1 rings (SSSR count). The number of carbonyl (C=O) groups is 1. The molecule has 0 aliphatic carbocycles. The Morgan fingerprint density at radius 1 is 1.39 bits per heavy atom. The van der Waals surface area contributed by atoms with Gasteiger partial charge in [-0.2, -0.15) is 0 Å². The molecule has 0 saturated carbocycles. The van der Waals surface area contributed by atoms with E-state index in [1.54, 1.807) is 24.3 Å². The first-order valence-electron chi connectivity index (χ1n) is 5.96. The van der Waals surface area contributed by atoms with Crippen LogP contribution in [-0.4, -0.2) is 35.9 Å². The number of rotatable bonds is 8. The first kappa shape index (κ1) is 14.5. The van der Waals surface area contributed by atoms with Crippen LogP contribution in [0.4, 0.5) is 0 Å². The van der Waals surface area contributed by atoms with Crippen molar-refractivity contribution >= 4 is 5.97 Å². The highest BCUT2D eigenvalue weighted by Crippen LogP contribution is 2.17. The van der Waals surface area contributed by atoms with Gasteiger partial charge in [0.15, 0.2) is 0 Å². The second kappa shape index (κ2) is 7.68. The largest absolute Gasteiger partial charge is 0.494 e.